The van der Waals surface area contributed by atoms with Crippen molar-refractivity contribution in [3.8, 4) is 0 Å². The van der Waals surface area contributed by atoms with Gasteiger partial charge in [0, 0.05) is 0 Å². The Balaban J connectivity index is 3.05. The molecule has 0 bridgehead atoms. The SMILES string of the molecule is FC(F)(F)c1ccccc1NNCl. The minimum atomic E-state index is -4.38. The first kappa shape index (κ1) is 10.1. The van der Waals surface area contributed by atoms with Crippen LogP contribution in [0.3, 0.4) is 0 Å². The second kappa shape index (κ2) is 3.85. The molecule has 0 heterocycles. The van der Waals surface area contributed by atoms with Crippen molar-refractivity contribution in [2.24, 2.45) is 0 Å². The molecular formula is C7H6ClF3N2. The third-order valence-corrected chi connectivity index (χ3v) is 1.51. The summed E-state index contributed by atoms with van der Waals surface area (Å²) >= 11 is 5.03. The second-order valence-corrected chi connectivity index (χ2v) is 2.45. The van der Waals surface area contributed by atoms with Crippen molar-refractivity contribution in [3.05, 3.63) is 29.8 Å². The number of anilines is 1. The Morgan fingerprint density at radius 2 is 1.77 bits per heavy atom. The number of nitrogens with one attached hydrogen (secondary N) is 2. The molecule has 0 saturated heterocycles. The van der Waals surface area contributed by atoms with Gasteiger partial charge in [0.1, 0.15) is 0 Å². The van der Waals surface area contributed by atoms with Crippen LogP contribution >= 0.6 is 11.8 Å². The Morgan fingerprint density at radius 3 is 2.31 bits per heavy atom. The highest BCUT2D eigenvalue weighted by Gasteiger charge is 2.32. The molecule has 0 aromatic heterocycles. The lowest BCUT2D eigenvalue weighted by Gasteiger charge is -2.12. The zero-order valence-corrected chi connectivity index (χ0v) is 7.08. The molecular weight excluding hydrogens is 205 g/mol. The van der Waals surface area contributed by atoms with Gasteiger partial charge in [0.2, 0.25) is 0 Å². The molecule has 1 aromatic rings. The summed E-state index contributed by atoms with van der Waals surface area (Å²) in [5.41, 5.74) is 1.31. The van der Waals surface area contributed by atoms with Crippen molar-refractivity contribution in [2.75, 3.05) is 5.43 Å². The molecule has 2 N–H and O–H groups in total. The molecule has 0 atom stereocenters. The van der Waals surface area contributed by atoms with Gasteiger partial charge in [-0.1, -0.05) is 12.1 Å². The predicted molar refractivity (Wildman–Crippen MR) is 44.1 cm³/mol. The molecule has 0 aliphatic rings. The van der Waals surface area contributed by atoms with Crippen molar-refractivity contribution in [3.63, 3.8) is 0 Å². The van der Waals surface area contributed by atoms with Crippen LogP contribution in [0.25, 0.3) is 0 Å². The number of para-hydroxylation sites is 1. The molecule has 0 aliphatic heterocycles. The van der Waals surface area contributed by atoms with Crippen LogP contribution in [0.1, 0.15) is 5.56 Å². The van der Waals surface area contributed by atoms with Crippen molar-refractivity contribution in [1.29, 1.82) is 0 Å². The zero-order chi connectivity index (χ0) is 9.90. The molecule has 0 radical (unpaired) electrons. The number of hydrogen-bond donors (Lipinski definition) is 2. The Morgan fingerprint density at radius 1 is 1.15 bits per heavy atom. The lowest BCUT2D eigenvalue weighted by Crippen LogP contribution is -2.15. The highest BCUT2D eigenvalue weighted by Crippen LogP contribution is 2.34. The van der Waals surface area contributed by atoms with Crippen LogP contribution in [-0.4, -0.2) is 0 Å². The summed E-state index contributed by atoms with van der Waals surface area (Å²) in [7, 11) is 0. The number of alkyl halides is 3. The Hall–Kier alpha value is -0.940. The standard InChI is InChI=1S/C7H6ClF3N2/c8-13-12-6-4-2-1-3-5(6)7(9,10)11/h1-4,12-13H. The first-order chi connectivity index (χ1) is 6.05. The van der Waals surface area contributed by atoms with E-state index in [1.165, 1.54) is 18.2 Å². The molecule has 0 spiro atoms. The molecule has 1 rings (SSSR count). The maximum atomic E-state index is 12.3. The van der Waals surface area contributed by atoms with E-state index >= 15 is 0 Å². The molecule has 1 aromatic carbocycles. The van der Waals surface area contributed by atoms with Crippen LogP contribution < -0.4 is 10.4 Å². The maximum Gasteiger partial charge on any atom is 0.418 e. The minimum Gasteiger partial charge on any atom is -0.307 e. The van der Waals surface area contributed by atoms with E-state index in [0.29, 0.717) is 0 Å². The number of benzene rings is 1. The largest absolute Gasteiger partial charge is 0.418 e. The van der Waals surface area contributed by atoms with Crippen LogP contribution in [0.4, 0.5) is 18.9 Å². The molecule has 0 aliphatic carbocycles. The van der Waals surface area contributed by atoms with Gasteiger partial charge in [0.05, 0.1) is 11.3 Å². The summed E-state index contributed by atoms with van der Waals surface area (Å²) in [6.45, 7) is 0. The lowest BCUT2D eigenvalue weighted by atomic mass is 10.2. The first-order valence-electron chi connectivity index (χ1n) is 3.33. The molecule has 0 fully saturated rings. The molecule has 72 valence electrons. The highest BCUT2D eigenvalue weighted by molar-refractivity contribution is 6.14. The van der Waals surface area contributed by atoms with E-state index in [0.717, 1.165) is 6.07 Å². The van der Waals surface area contributed by atoms with Crippen molar-refractivity contribution >= 4 is 17.5 Å². The number of rotatable bonds is 2. The summed E-state index contributed by atoms with van der Waals surface area (Å²) in [6, 6.07) is 5.03. The van der Waals surface area contributed by atoms with Gasteiger partial charge in [-0.05, 0) is 23.9 Å². The maximum absolute atomic E-state index is 12.3. The van der Waals surface area contributed by atoms with Crippen LogP contribution in [0, 0.1) is 0 Å². The summed E-state index contributed by atoms with van der Waals surface area (Å²) in [5, 5.41) is 0. The molecule has 0 amide bonds. The van der Waals surface area contributed by atoms with Crippen LogP contribution in [0.5, 0.6) is 0 Å². The van der Waals surface area contributed by atoms with Crippen LogP contribution in [0.2, 0.25) is 0 Å². The second-order valence-electron chi connectivity index (χ2n) is 2.26. The van der Waals surface area contributed by atoms with Crippen molar-refractivity contribution in [1.82, 2.24) is 4.94 Å². The van der Waals surface area contributed by atoms with Gasteiger partial charge in [-0.15, -0.1) is 4.94 Å². The normalized spacial score (nSPS) is 11.4. The van der Waals surface area contributed by atoms with E-state index in [2.05, 4.69) is 5.43 Å². The van der Waals surface area contributed by atoms with Gasteiger partial charge in [-0.25, -0.2) is 0 Å². The van der Waals surface area contributed by atoms with Gasteiger partial charge in [0.25, 0.3) is 0 Å². The Bertz CT molecular complexity index is 287. The smallest absolute Gasteiger partial charge is 0.307 e. The van der Waals surface area contributed by atoms with E-state index in [4.69, 9.17) is 11.8 Å². The van der Waals surface area contributed by atoms with Crippen molar-refractivity contribution in [2.45, 2.75) is 6.18 Å². The summed E-state index contributed by atoms with van der Waals surface area (Å²) in [6.07, 6.45) is -4.38. The van der Waals surface area contributed by atoms with E-state index in [-0.39, 0.29) is 5.69 Å². The summed E-state index contributed by atoms with van der Waals surface area (Å²) in [4.78, 5) is 1.92. The number of hydrogen-bond acceptors (Lipinski definition) is 2. The molecule has 6 heteroatoms. The molecule has 2 nitrogen and oxygen atoms in total. The fraction of sp³-hybridized carbons (Fsp3) is 0.143. The Kier molecular flexibility index (Phi) is 3.00. The minimum absolute atomic E-state index is 0.106. The topological polar surface area (TPSA) is 24.1 Å². The number of halogens is 4. The average molecular weight is 211 g/mol. The highest BCUT2D eigenvalue weighted by atomic mass is 35.5. The van der Waals surface area contributed by atoms with E-state index in [9.17, 15) is 13.2 Å². The monoisotopic (exact) mass is 210 g/mol. The van der Waals surface area contributed by atoms with Gasteiger partial charge in [-0.2, -0.15) is 13.2 Å². The quantitative estimate of drug-likeness (QED) is 0.579. The lowest BCUT2D eigenvalue weighted by molar-refractivity contribution is -0.137. The zero-order valence-electron chi connectivity index (χ0n) is 6.32. The van der Waals surface area contributed by atoms with Gasteiger partial charge >= 0.3 is 6.18 Å². The van der Waals surface area contributed by atoms with Crippen LogP contribution in [0.15, 0.2) is 24.3 Å². The summed E-state index contributed by atoms with van der Waals surface area (Å²) in [5.74, 6) is 0. The van der Waals surface area contributed by atoms with E-state index in [1.807, 2.05) is 4.94 Å². The third-order valence-electron chi connectivity index (χ3n) is 1.41. The van der Waals surface area contributed by atoms with E-state index in [1.54, 1.807) is 0 Å². The third kappa shape index (κ3) is 2.50. The number of hydrazine groups is 1. The first-order valence-corrected chi connectivity index (χ1v) is 3.71. The van der Waals surface area contributed by atoms with Crippen LogP contribution in [-0.2, 0) is 6.18 Å². The molecule has 0 unspecified atom stereocenters. The van der Waals surface area contributed by atoms with Gasteiger partial charge in [-0.3, -0.25) is 0 Å². The molecule has 0 saturated carbocycles. The fourth-order valence-corrected chi connectivity index (χ4v) is 0.992. The predicted octanol–water partition coefficient (Wildman–Crippen LogP) is 2.78. The van der Waals surface area contributed by atoms with Gasteiger partial charge < -0.3 is 5.43 Å². The van der Waals surface area contributed by atoms with Crippen molar-refractivity contribution < 1.29 is 13.2 Å². The molecule has 13 heavy (non-hydrogen) atoms. The summed E-state index contributed by atoms with van der Waals surface area (Å²) < 4.78 is 36.8. The van der Waals surface area contributed by atoms with Gasteiger partial charge in [0.15, 0.2) is 0 Å². The Labute approximate surface area is 77.8 Å². The average Bonchev–Trinajstić information content (AvgIpc) is 2.04. The van der Waals surface area contributed by atoms with E-state index < -0.39 is 11.7 Å². The fourth-order valence-electron chi connectivity index (χ4n) is 0.890.